The minimum Gasteiger partial charge on any atom is -0.368 e. The predicted octanol–water partition coefficient (Wildman–Crippen LogP) is 1.36. The van der Waals surface area contributed by atoms with E-state index in [1.165, 1.54) is 23.7 Å². The summed E-state index contributed by atoms with van der Waals surface area (Å²) in [5.41, 5.74) is 0.954. The third-order valence-corrected chi connectivity index (χ3v) is 3.95. The van der Waals surface area contributed by atoms with Crippen LogP contribution in [0.4, 0.5) is 5.00 Å². The summed E-state index contributed by atoms with van der Waals surface area (Å²) in [6.07, 6.45) is 1.64. The summed E-state index contributed by atoms with van der Waals surface area (Å²) in [4.78, 5) is 0.109. The van der Waals surface area contributed by atoms with Gasteiger partial charge in [0.1, 0.15) is 5.00 Å². The van der Waals surface area contributed by atoms with Gasteiger partial charge in [-0.3, -0.25) is 0 Å². The highest BCUT2D eigenvalue weighted by Crippen LogP contribution is 2.21. The molecule has 2 rings (SSSR count). The van der Waals surface area contributed by atoms with Crippen molar-refractivity contribution in [3.63, 3.8) is 0 Å². The van der Waals surface area contributed by atoms with E-state index in [2.05, 4.69) is 14.9 Å². The minimum atomic E-state index is -3.63. The second-order valence-electron chi connectivity index (χ2n) is 3.76. The lowest BCUT2D eigenvalue weighted by atomic mass is 10.1. The van der Waals surface area contributed by atoms with Gasteiger partial charge in [-0.2, -0.15) is 0 Å². The van der Waals surface area contributed by atoms with Crippen LogP contribution in [0.1, 0.15) is 18.5 Å². The zero-order chi connectivity index (χ0) is 13.2. The molecule has 0 saturated heterocycles. The van der Waals surface area contributed by atoms with Crippen molar-refractivity contribution in [3.8, 4) is 0 Å². The van der Waals surface area contributed by atoms with E-state index >= 15 is 0 Å². The van der Waals surface area contributed by atoms with Crippen LogP contribution in [0, 0.1) is 0 Å². The van der Waals surface area contributed by atoms with Crippen LogP contribution >= 0.6 is 11.5 Å². The lowest BCUT2D eigenvalue weighted by molar-refractivity contribution is 0.597. The Hall–Kier alpha value is -1.51. The van der Waals surface area contributed by atoms with E-state index in [1.54, 1.807) is 18.3 Å². The second kappa shape index (κ2) is 5.01. The zero-order valence-electron chi connectivity index (χ0n) is 9.57. The number of nitrogens with two attached hydrogens (primary N) is 1. The molecular weight excluding hydrogens is 272 g/mol. The van der Waals surface area contributed by atoms with Gasteiger partial charge in [-0.05, 0) is 24.6 Å². The second-order valence-corrected chi connectivity index (χ2v) is 6.11. The molecule has 0 spiro atoms. The molecule has 0 aliphatic heterocycles. The van der Waals surface area contributed by atoms with Crippen molar-refractivity contribution in [2.45, 2.75) is 17.9 Å². The number of hydrogen-bond donors (Lipinski definition) is 2. The maximum absolute atomic E-state index is 11.1. The lowest BCUT2D eigenvalue weighted by Crippen LogP contribution is -2.12. The van der Waals surface area contributed by atoms with Crippen molar-refractivity contribution in [1.29, 1.82) is 0 Å². The molecule has 0 bridgehead atoms. The maximum atomic E-state index is 11.1. The fourth-order valence-corrected chi connectivity index (χ4v) is 2.50. The monoisotopic (exact) mass is 284 g/mol. The Bertz CT molecular complexity index is 608. The van der Waals surface area contributed by atoms with Crippen LogP contribution in [0.25, 0.3) is 0 Å². The largest absolute Gasteiger partial charge is 0.368 e. The quantitative estimate of drug-likeness (QED) is 0.883. The molecule has 1 aromatic heterocycles. The first-order valence-electron chi connectivity index (χ1n) is 5.13. The van der Waals surface area contributed by atoms with Gasteiger partial charge in [0.05, 0.1) is 11.1 Å². The Balaban J connectivity index is 2.14. The maximum Gasteiger partial charge on any atom is 0.238 e. The van der Waals surface area contributed by atoms with E-state index < -0.39 is 10.0 Å². The predicted molar refractivity (Wildman–Crippen MR) is 69.8 cm³/mol. The molecule has 2 aromatic rings. The number of hydrogen-bond acceptors (Lipinski definition) is 6. The van der Waals surface area contributed by atoms with Crippen molar-refractivity contribution in [2.24, 2.45) is 5.14 Å². The van der Waals surface area contributed by atoms with Gasteiger partial charge in [0, 0.05) is 17.6 Å². The highest BCUT2D eigenvalue weighted by Gasteiger charge is 2.10. The standard InChI is InChI=1S/C10H12N4O2S2/c1-7(13-10-6-12-14-17-10)8-2-4-9(5-3-8)18(11,15)16/h2-7,13H,1H3,(H2,11,15,16). The molecular formula is C10H12N4O2S2. The molecule has 0 aliphatic carbocycles. The Labute approximate surface area is 109 Å². The molecule has 3 N–H and O–H groups in total. The van der Waals surface area contributed by atoms with Gasteiger partial charge >= 0.3 is 0 Å². The van der Waals surface area contributed by atoms with E-state index in [4.69, 9.17) is 5.14 Å². The zero-order valence-corrected chi connectivity index (χ0v) is 11.2. The van der Waals surface area contributed by atoms with Gasteiger partial charge < -0.3 is 5.32 Å². The molecule has 18 heavy (non-hydrogen) atoms. The minimum absolute atomic E-state index is 0.0294. The van der Waals surface area contributed by atoms with Crippen LogP contribution in [0.3, 0.4) is 0 Å². The number of sulfonamides is 1. The van der Waals surface area contributed by atoms with Crippen molar-refractivity contribution in [1.82, 2.24) is 9.59 Å². The summed E-state index contributed by atoms with van der Waals surface area (Å²) in [5.74, 6) is 0. The fourth-order valence-electron chi connectivity index (χ4n) is 1.47. The third kappa shape index (κ3) is 3.03. The van der Waals surface area contributed by atoms with Crippen molar-refractivity contribution >= 4 is 26.6 Å². The molecule has 1 atom stereocenters. The Morgan fingerprint density at radius 1 is 1.33 bits per heavy atom. The van der Waals surface area contributed by atoms with Crippen LogP contribution in [0.2, 0.25) is 0 Å². The highest BCUT2D eigenvalue weighted by molar-refractivity contribution is 7.89. The molecule has 1 heterocycles. The topological polar surface area (TPSA) is 98.0 Å². The molecule has 0 radical (unpaired) electrons. The number of anilines is 1. The fraction of sp³-hybridized carbons (Fsp3) is 0.200. The smallest absolute Gasteiger partial charge is 0.238 e. The van der Waals surface area contributed by atoms with E-state index in [0.717, 1.165) is 10.6 Å². The molecule has 0 aliphatic rings. The summed E-state index contributed by atoms with van der Waals surface area (Å²) in [6, 6.07) is 6.47. The normalized spacial score (nSPS) is 13.2. The summed E-state index contributed by atoms with van der Waals surface area (Å²) in [7, 11) is -3.63. The van der Waals surface area contributed by atoms with Crippen molar-refractivity contribution in [2.75, 3.05) is 5.32 Å². The van der Waals surface area contributed by atoms with Gasteiger partial charge in [-0.15, -0.1) is 5.10 Å². The van der Waals surface area contributed by atoms with Crippen LogP contribution in [0.5, 0.6) is 0 Å². The van der Waals surface area contributed by atoms with E-state index in [0.29, 0.717) is 0 Å². The summed E-state index contributed by atoms with van der Waals surface area (Å²) >= 11 is 1.27. The third-order valence-electron chi connectivity index (χ3n) is 2.43. The number of aromatic nitrogens is 2. The van der Waals surface area contributed by atoms with Crippen molar-refractivity contribution in [3.05, 3.63) is 36.0 Å². The van der Waals surface area contributed by atoms with Gasteiger partial charge in [-0.25, -0.2) is 13.6 Å². The number of rotatable bonds is 4. The highest BCUT2D eigenvalue weighted by atomic mass is 32.2. The van der Waals surface area contributed by atoms with Crippen LogP contribution < -0.4 is 10.5 Å². The molecule has 6 nitrogen and oxygen atoms in total. The first kappa shape index (κ1) is 12.9. The Morgan fingerprint density at radius 3 is 2.50 bits per heavy atom. The average molecular weight is 284 g/mol. The Morgan fingerprint density at radius 2 is 2.00 bits per heavy atom. The van der Waals surface area contributed by atoms with Gasteiger partial charge in [0.2, 0.25) is 10.0 Å². The van der Waals surface area contributed by atoms with Gasteiger partial charge in [0.25, 0.3) is 0 Å². The van der Waals surface area contributed by atoms with Crippen LogP contribution in [-0.4, -0.2) is 18.0 Å². The molecule has 0 saturated carbocycles. The summed E-state index contributed by atoms with van der Waals surface area (Å²) < 4.78 is 26.0. The van der Waals surface area contributed by atoms with Gasteiger partial charge in [0.15, 0.2) is 0 Å². The summed E-state index contributed by atoms with van der Waals surface area (Å²) in [6.45, 7) is 1.96. The van der Waals surface area contributed by atoms with E-state index in [-0.39, 0.29) is 10.9 Å². The lowest BCUT2D eigenvalue weighted by Gasteiger charge is -2.13. The summed E-state index contributed by atoms with van der Waals surface area (Å²) in [5, 5.41) is 12.8. The van der Waals surface area contributed by atoms with Crippen LogP contribution in [-0.2, 0) is 10.0 Å². The first-order valence-corrected chi connectivity index (χ1v) is 7.45. The van der Waals surface area contributed by atoms with Gasteiger partial charge in [-0.1, -0.05) is 16.6 Å². The SMILES string of the molecule is CC(Nc1cnns1)c1ccc(S(N)(=O)=O)cc1. The molecule has 96 valence electrons. The molecule has 1 aromatic carbocycles. The van der Waals surface area contributed by atoms with Crippen molar-refractivity contribution < 1.29 is 8.42 Å². The number of nitrogens with zero attached hydrogens (tertiary/aromatic N) is 2. The number of primary sulfonamides is 1. The molecule has 8 heteroatoms. The number of nitrogens with one attached hydrogen (secondary N) is 1. The molecule has 1 unspecified atom stereocenters. The van der Waals surface area contributed by atoms with E-state index in [1.807, 2.05) is 6.92 Å². The molecule has 0 amide bonds. The van der Waals surface area contributed by atoms with Crippen LogP contribution in [0.15, 0.2) is 35.4 Å². The first-order chi connectivity index (χ1) is 8.47. The molecule has 0 fully saturated rings. The Kier molecular flexibility index (Phi) is 3.60. The van der Waals surface area contributed by atoms with E-state index in [9.17, 15) is 8.42 Å². The average Bonchev–Trinajstić information content (AvgIpc) is 2.81. The number of benzene rings is 1.